The highest BCUT2D eigenvalue weighted by molar-refractivity contribution is 14.0. The fourth-order valence-corrected chi connectivity index (χ4v) is 2.15. The van der Waals surface area contributed by atoms with Gasteiger partial charge in [-0.2, -0.15) is 0 Å². The average molecular weight is 452 g/mol. The maximum Gasteiger partial charge on any atom is 0.191 e. The molecule has 0 aliphatic carbocycles. The summed E-state index contributed by atoms with van der Waals surface area (Å²) in [5, 5.41) is 15.0. The minimum Gasteiger partial charge on any atom is -0.385 e. The SMILES string of the molecule is CCC(CC)CNC(=NCc1nnc(C)n1C)NCCCOC.I. The number of halogens is 1. The lowest BCUT2D eigenvalue weighted by Crippen LogP contribution is -2.40. The van der Waals surface area contributed by atoms with Gasteiger partial charge >= 0.3 is 0 Å². The van der Waals surface area contributed by atoms with E-state index in [0.29, 0.717) is 12.5 Å². The summed E-state index contributed by atoms with van der Waals surface area (Å²) in [5.74, 6) is 3.25. The van der Waals surface area contributed by atoms with Crippen molar-refractivity contribution < 1.29 is 4.74 Å². The van der Waals surface area contributed by atoms with Crippen LogP contribution in [0.25, 0.3) is 0 Å². The molecule has 0 aromatic carbocycles. The van der Waals surface area contributed by atoms with E-state index >= 15 is 0 Å². The summed E-state index contributed by atoms with van der Waals surface area (Å²) in [6.07, 6.45) is 3.29. The summed E-state index contributed by atoms with van der Waals surface area (Å²) < 4.78 is 7.05. The molecule has 1 rings (SSSR count). The molecule has 0 amide bonds. The highest BCUT2D eigenvalue weighted by atomic mass is 127. The van der Waals surface area contributed by atoms with Gasteiger partial charge in [0.2, 0.25) is 0 Å². The molecule has 0 saturated carbocycles. The number of rotatable bonds is 10. The first-order valence-electron chi connectivity index (χ1n) is 8.48. The Morgan fingerprint density at radius 3 is 2.50 bits per heavy atom. The minimum absolute atomic E-state index is 0. The summed E-state index contributed by atoms with van der Waals surface area (Å²) in [6, 6.07) is 0. The van der Waals surface area contributed by atoms with Crippen molar-refractivity contribution in [3.8, 4) is 0 Å². The third-order valence-electron chi connectivity index (χ3n) is 4.09. The Morgan fingerprint density at radius 1 is 1.25 bits per heavy atom. The fraction of sp³-hybridized carbons (Fsp3) is 0.812. The van der Waals surface area contributed by atoms with Crippen molar-refractivity contribution in [2.45, 2.75) is 46.6 Å². The smallest absolute Gasteiger partial charge is 0.191 e. The van der Waals surface area contributed by atoms with Crippen LogP contribution < -0.4 is 10.6 Å². The van der Waals surface area contributed by atoms with Gasteiger partial charge < -0.3 is 19.9 Å². The molecule has 7 nitrogen and oxygen atoms in total. The van der Waals surface area contributed by atoms with Gasteiger partial charge in [0.15, 0.2) is 11.8 Å². The zero-order valence-corrected chi connectivity index (χ0v) is 18.0. The Labute approximate surface area is 163 Å². The second kappa shape index (κ2) is 13.4. The van der Waals surface area contributed by atoms with Gasteiger partial charge in [0.1, 0.15) is 12.4 Å². The van der Waals surface area contributed by atoms with Crippen molar-refractivity contribution in [1.82, 2.24) is 25.4 Å². The molecule has 8 heteroatoms. The monoisotopic (exact) mass is 452 g/mol. The third-order valence-corrected chi connectivity index (χ3v) is 4.09. The summed E-state index contributed by atoms with van der Waals surface area (Å²) in [7, 11) is 3.68. The Balaban J connectivity index is 0.00000529. The quantitative estimate of drug-likeness (QED) is 0.247. The highest BCUT2D eigenvalue weighted by Gasteiger charge is 2.07. The zero-order chi connectivity index (χ0) is 17.1. The van der Waals surface area contributed by atoms with E-state index in [-0.39, 0.29) is 24.0 Å². The largest absolute Gasteiger partial charge is 0.385 e. The first-order chi connectivity index (χ1) is 11.1. The fourth-order valence-electron chi connectivity index (χ4n) is 2.15. The van der Waals surface area contributed by atoms with Gasteiger partial charge in [-0.1, -0.05) is 26.7 Å². The van der Waals surface area contributed by atoms with Gasteiger partial charge in [0.05, 0.1) is 0 Å². The lowest BCUT2D eigenvalue weighted by Gasteiger charge is -2.17. The number of aliphatic imine (C=N–C) groups is 1. The van der Waals surface area contributed by atoms with Gasteiger partial charge in [0.25, 0.3) is 0 Å². The van der Waals surface area contributed by atoms with Crippen molar-refractivity contribution in [2.75, 3.05) is 26.8 Å². The Morgan fingerprint density at radius 2 is 1.96 bits per heavy atom. The first-order valence-corrected chi connectivity index (χ1v) is 8.48. The van der Waals surface area contributed by atoms with Gasteiger partial charge in [0, 0.05) is 33.9 Å². The highest BCUT2D eigenvalue weighted by Crippen LogP contribution is 2.05. The number of hydrogen-bond donors (Lipinski definition) is 2. The maximum atomic E-state index is 5.08. The summed E-state index contributed by atoms with van der Waals surface area (Å²) in [4.78, 5) is 4.64. The molecular formula is C16H33IN6O. The summed E-state index contributed by atoms with van der Waals surface area (Å²) in [6.45, 7) is 9.41. The normalized spacial score (nSPS) is 11.5. The number of aromatic nitrogens is 3. The van der Waals surface area contributed by atoms with E-state index in [9.17, 15) is 0 Å². The second-order valence-electron chi connectivity index (χ2n) is 5.72. The lowest BCUT2D eigenvalue weighted by molar-refractivity contribution is 0.195. The van der Waals surface area contributed by atoms with E-state index in [4.69, 9.17) is 4.74 Å². The van der Waals surface area contributed by atoms with Crippen molar-refractivity contribution in [1.29, 1.82) is 0 Å². The third kappa shape index (κ3) is 8.27. The predicted molar refractivity (Wildman–Crippen MR) is 109 cm³/mol. The average Bonchev–Trinajstić information content (AvgIpc) is 2.88. The molecule has 2 N–H and O–H groups in total. The molecule has 0 fully saturated rings. The van der Waals surface area contributed by atoms with Crippen LogP contribution in [-0.4, -0.2) is 47.5 Å². The molecule has 0 radical (unpaired) electrons. The number of methoxy groups -OCH3 is 1. The second-order valence-corrected chi connectivity index (χ2v) is 5.72. The van der Waals surface area contributed by atoms with Gasteiger partial charge in [-0.3, -0.25) is 0 Å². The molecule has 0 spiro atoms. The predicted octanol–water partition coefficient (Wildman–Crippen LogP) is 2.25. The summed E-state index contributed by atoms with van der Waals surface area (Å²) >= 11 is 0. The molecule has 0 atom stereocenters. The van der Waals surface area contributed by atoms with Crippen molar-refractivity contribution in [3.05, 3.63) is 11.6 Å². The Hall–Kier alpha value is -0.900. The van der Waals surface area contributed by atoms with E-state index in [2.05, 4.69) is 39.7 Å². The number of hydrogen-bond acceptors (Lipinski definition) is 4. The zero-order valence-electron chi connectivity index (χ0n) is 15.6. The minimum atomic E-state index is 0. The standard InChI is InChI=1S/C16H32N6O.HI/c1-6-14(7-2)11-18-16(17-9-8-10-23-5)19-12-15-21-20-13(3)22(15)4;/h14H,6-12H2,1-5H3,(H2,17,18,19);1H. The van der Waals surface area contributed by atoms with Crippen LogP contribution in [0.5, 0.6) is 0 Å². The van der Waals surface area contributed by atoms with Crippen molar-refractivity contribution >= 4 is 29.9 Å². The number of guanidine groups is 1. The Kier molecular flexibility index (Phi) is 12.9. The van der Waals surface area contributed by atoms with Crippen molar-refractivity contribution in [2.24, 2.45) is 18.0 Å². The molecule has 24 heavy (non-hydrogen) atoms. The van der Waals surface area contributed by atoms with Gasteiger partial charge in [-0.15, -0.1) is 34.2 Å². The lowest BCUT2D eigenvalue weighted by atomic mass is 10.0. The molecule has 1 heterocycles. The van der Waals surface area contributed by atoms with Crippen LogP contribution in [0.4, 0.5) is 0 Å². The molecule has 1 aromatic rings. The maximum absolute atomic E-state index is 5.08. The van der Waals surface area contributed by atoms with Gasteiger partial charge in [-0.05, 0) is 19.3 Å². The molecule has 0 bridgehead atoms. The number of nitrogens with zero attached hydrogens (tertiary/aromatic N) is 4. The molecular weight excluding hydrogens is 419 g/mol. The van der Waals surface area contributed by atoms with Crippen LogP contribution in [-0.2, 0) is 18.3 Å². The molecule has 0 saturated heterocycles. The van der Waals surface area contributed by atoms with E-state index in [0.717, 1.165) is 43.7 Å². The van der Waals surface area contributed by atoms with E-state index < -0.39 is 0 Å². The number of nitrogens with one attached hydrogen (secondary N) is 2. The molecule has 1 aromatic heterocycles. The summed E-state index contributed by atoms with van der Waals surface area (Å²) in [5.41, 5.74) is 0. The van der Waals surface area contributed by atoms with Crippen LogP contribution in [0.1, 0.15) is 44.8 Å². The van der Waals surface area contributed by atoms with Crippen LogP contribution in [0.15, 0.2) is 4.99 Å². The number of ether oxygens (including phenoxy) is 1. The first kappa shape index (κ1) is 23.1. The van der Waals surface area contributed by atoms with Crippen LogP contribution in [0.2, 0.25) is 0 Å². The molecule has 0 unspecified atom stereocenters. The van der Waals surface area contributed by atoms with E-state index in [1.54, 1.807) is 7.11 Å². The van der Waals surface area contributed by atoms with Crippen molar-refractivity contribution in [3.63, 3.8) is 0 Å². The number of aryl methyl sites for hydroxylation is 1. The molecule has 0 aliphatic rings. The van der Waals surface area contributed by atoms with E-state index in [1.165, 1.54) is 12.8 Å². The Bertz CT molecular complexity index is 473. The van der Waals surface area contributed by atoms with E-state index in [1.807, 2.05) is 18.5 Å². The molecule has 0 aliphatic heterocycles. The van der Waals surface area contributed by atoms with Crippen LogP contribution in [0, 0.1) is 12.8 Å². The topological polar surface area (TPSA) is 76.4 Å². The van der Waals surface area contributed by atoms with Crippen LogP contribution >= 0.6 is 24.0 Å². The molecule has 140 valence electrons. The van der Waals surface area contributed by atoms with Crippen LogP contribution in [0.3, 0.4) is 0 Å². The van der Waals surface area contributed by atoms with Gasteiger partial charge in [-0.25, -0.2) is 4.99 Å².